The number of benzene rings is 1. The van der Waals surface area contributed by atoms with E-state index in [1.54, 1.807) is 24.3 Å². The van der Waals surface area contributed by atoms with Gasteiger partial charge in [0.2, 0.25) is 10.0 Å². The molecule has 0 saturated heterocycles. The van der Waals surface area contributed by atoms with Crippen molar-refractivity contribution >= 4 is 21.6 Å². The molecule has 1 N–H and O–H groups in total. The minimum atomic E-state index is -3.42. The maximum atomic E-state index is 11.9. The van der Waals surface area contributed by atoms with Gasteiger partial charge < -0.3 is 0 Å². The van der Waals surface area contributed by atoms with E-state index in [2.05, 4.69) is 10.6 Å². The van der Waals surface area contributed by atoms with E-state index < -0.39 is 10.0 Å². The van der Waals surface area contributed by atoms with Gasteiger partial charge in [-0.1, -0.05) is 12.1 Å². The molecule has 0 saturated carbocycles. The van der Waals surface area contributed by atoms with Crippen LogP contribution < -0.4 is 4.72 Å². The van der Waals surface area contributed by atoms with Crippen LogP contribution in [0.2, 0.25) is 0 Å². The molecule has 0 radical (unpaired) electrons. The number of hydrogen-bond acceptors (Lipinski definition) is 2. The van der Waals surface area contributed by atoms with Crippen LogP contribution in [0.1, 0.15) is 18.4 Å². The lowest BCUT2D eigenvalue weighted by Gasteiger charge is -2.06. The molecule has 0 heterocycles. The Morgan fingerprint density at radius 2 is 1.94 bits per heavy atom. The molecule has 1 aromatic rings. The van der Waals surface area contributed by atoms with Crippen molar-refractivity contribution < 1.29 is 8.42 Å². The Hall–Kier alpha value is -1.02. The van der Waals surface area contributed by atoms with Crippen LogP contribution in [0.25, 0.3) is 0 Å². The summed E-state index contributed by atoms with van der Waals surface area (Å²) < 4.78 is 26.3. The number of nitrogens with one attached hydrogen (secondary N) is 1. The van der Waals surface area contributed by atoms with Gasteiger partial charge in [-0.25, -0.2) is 13.1 Å². The van der Waals surface area contributed by atoms with Gasteiger partial charge in [0.05, 0.1) is 4.90 Å². The van der Waals surface area contributed by atoms with Gasteiger partial charge in [-0.3, -0.25) is 0 Å². The molecule has 0 aromatic heterocycles. The first-order valence-corrected chi connectivity index (χ1v) is 7.70. The molecule has 0 amide bonds. The number of halogens is 1. The Kier molecular flexibility index (Phi) is 6.20. The monoisotopic (exact) mass is 285 g/mol. The van der Waals surface area contributed by atoms with Gasteiger partial charge in [0.25, 0.3) is 0 Å². The zero-order chi connectivity index (χ0) is 13.4. The Labute approximate surface area is 114 Å². The van der Waals surface area contributed by atoms with Gasteiger partial charge in [0, 0.05) is 18.8 Å². The third-order valence-electron chi connectivity index (χ3n) is 2.41. The van der Waals surface area contributed by atoms with Crippen molar-refractivity contribution in [3.8, 4) is 12.3 Å². The second-order valence-corrected chi connectivity index (χ2v) is 5.93. The van der Waals surface area contributed by atoms with Crippen LogP contribution in [0.3, 0.4) is 0 Å². The molecule has 98 valence electrons. The fourth-order valence-corrected chi connectivity index (χ4v) is 2.72. The van der Waals surface area contributed by atoms with Crippen LogP contribution in [0, 0.1) is 12.3 Å². The van der Waals surface area contributed by atoms with E-state index in [4.69, 9.17) is 18.0 Å². The standard InChI is InChI=1S/C13H16ClNO2S/c1-2-3-4-11-15-18(16,17)13-7-5-12(6-8-13)9-10-14/h1,5-8,15H,3-4,9-11H2. The first-order chi connectivity index (χ1) is 8.60. The predicted octanol–water partition coefficient (Wildman–Crippen LogP) is 2.16. The van der Waals surface area contributed by atoms with Crippen LogP contribution in [0.15, 0.2) is 29.2 Å². The number of rotatable bonds is 7. The van der Waals surface area contributed by atoms with E-state index in [1.165, 1.54) is 0 Å². The van der Waals surface area contributed by atoms with Gasteiger partial charge in [0.15, 0.2) is 0 Å². The van der Waals surface area contributed by atoms with Crippen LogP contribution in [-0.4, -0.2) is 20.8 Å². The van der Waals surface area contributed by atoms with Crippen molar-refractivity contribution in [1.29, 1.82) is 0 Å². The maximum absolute atomic E-state index is 11.9. The first-order valence-electron chi connectivity index (χ1n) is 5.68. The summed E-state index contributed by atoms with van der Waals surface area (Å²) in [6.07, 6.45) is 7.04. The topological polar surface area (TPSA) is 46.2 Å². The zero-order valence-corrected chi connectivity index (χ0v) is 11.6. The summed E-state index contributed by atoms with van der Waals surface area (Å²) in [6, 6.07) is 6.73. The average Bonchev–Trinajstić information content (AvgIpc) is 2.36. The van der Waals surface area contributed by atoms with Gasteiger partial charge >= 0.3 is 0 Å². The smallest absolute Gasteiger partial charge is 0.211 e. The Balaban J connectivity index is 2.64. The van der Waals surface area contributed by atoms with E-state index in [0.717, 1.165) is 12.0 Å². The van der Waals surface area contributed by atoms with E-state index in [0.29, 0.717) is 25.3 Å². The summed E-state index contributed by atoms with van der Waals surface area (Å²) in [6.45, 7) is 0.357. The normalized spacial score (nSPS) is 11.1. The molecule has 0 aliphatic carbocycles. The van der Waals surface area contributed by atoms with E-state index in [-0.39, 0.29) is 4.90 Å². The van der Waals surface area contributed by atoms with Crippen LogP contribution in [-0.2, 0) is 16.4 Å². The highest BCUT2D eigenvalue weighted by Gasteiger charge is 2.12. The highest BCUT2D eigenvalue weighted by atomic mass is 35.5. The molecule has 18 heavy (non-hydrogen) atoms. The lowest BCUT2D eigenvalue weighted by atomic mass is 10.2. The average molecular weight is 286 g/mol. The number of unbranched alkanes of at least 4 members (excludes halogenated alkanes) is 1. The largest absolute Gasteiger partial charge is 0.240 e. The molecular formula is C13H16ClNO2S. The van der Waals surface area contributed by atoms with Crippen molar-refractivity contribution in [2.24, 2.45) is 0 Å². The molecular weight excluding hydrogens is 270 g/mol. The van der Waals surface area contributed by atoms with Crippen LogP contribution in [0.5, 0.6) is 0 Å². The number of sulfonamides is 1. The molecule has 5 heteroatoms. The second kappa shape index (κ2) is 7.42. The van der Waals surface area contributed by atoms with E-state index in [9.17, 15) is 8.42 Å². The summed E-state index contributed by atoms with van der Waals surface area (Å²) in [5.41, 5.74) is 1.02. The molecule has 1 rings (SSSR count). The summed E-state index contributed by atoms with van der Waals surface area (Å²) in [7, 11) is -3.42. The molecule has 0 spiro atoms. The van der Waals surface area contributed by atoms with Crippen molar-refractivity contribution in [1.82, 2.24) is 4.72 Å². The molecule has 0 atom stereocenters. The minimum absolute atomic E-state index is 0.265. The fraction of sp³-hybridized carbons (Fsp3) is 0.385. The second-order valence-electron chi connectivity index (χ2n) is 3.79. The van der Waals surface area contributed by atoms with Crippen molar-refractivity contribution in [3.05, 3.63) is 29.8 Å². The summed E-state index contributed by atoms with van der Waals surface area (Å²) in [4.78, 5) is 0.265. The van der Waals surface area contributed by atoms with E-state index >= 15 is 0 Å². The lowest BCUT2D eigenvalue weighted by Crippen LogP contribution is -2.24. The Morgan fingerprint density at radius 1 is 1.28 bits per heavy atom. The number of terminal acetylenes is 1. The summed E-state index contributed by atoms with van der Waals surface area (Å²) in [5.74, 6) is 2.99. The van der Waals surface area contributed by atoms with Gasteiger partial charge in [0.1, 0.15) is 0 Å². The summed E-state index contributed by atoms with van der Waals surface area (Å²) in [5, 5.41) is 0. The van der Waals surface area contributed by atoms with Crippen molar-refractivity contribution in [2.45, 2.75) is 24.2 Å². The first kappa shape index (κ1) is 15.0. The van der Waals surface area contributed by atoms with Gasteiger partial charge in [-0.15, -0.1) is 23.9 Å². The van der Waals surface area contributed by atoms with Crippen LogP contribution >= 0.6 is 11.6 Å². The predicted molar refractivity (Wildman–Crippen MR) is 74.1 cm³/mol. The minimum Gasteiger partial charge on any atom is -0.211 e. The number of hydrogen-bond donors (Lipinski definition) is 1. The molecule has 0 aliphatic rings. The third kappa shape index (κ3) is 4.69. The molecule has 0 bridgehead atoms. The number of alkyl halides is 1. The highest BCUT2D eigenvalue weighted by molar-refractivity contribution is 7.89. The molecule has 3 nitrogen and oxygen atoms in total. The van der Waals surface area contributed by atoms with E-state index in [1.807, 2.05) is 0 Å². The van der Waals surface area contributed by atoms with Gasteiger partial charge in [-0.2, -0.15) is 0 Å². The quantitative estimate of drug-likeness (QED) is 0.474. The van der Waals surface area contributed by atoms with Gasteiger partial charge in [-0.05, 0) is 30.5 Å². The van der Waals surface area contributed by atoms with Crippen LogP contribution in [0.4, 0.5) is 0 Å². The zero-order valence-electron chi connectivity index (χ0n) is 10.0. The SMILES string of the molecule is C#CCCCNS(=O)(=O)c1ccc(CCCl)cc1. The molecule has 0 aliphatic heterocycles. The van der Waals surface area contributed by atoms with Crippen molar-refractivity contribution in [3.63, 3.8) is 0 Å². The van der Waals surface area contributed by atoms with Crippen molar-refractivity contribution in [2.75, 3.05) is 12.4 Å². The Bertz CT molecular complexity index is 503. The molecule has 0 unspecified atom stereocenters. The fourth-order valence-electron chi connectivity index (χ4n) is 1.42. The highest BCUT2D eigenvalue weighted by Crippen LogP contribution is 2.11. The number of aryl methyl sites for hydroxylation is 1. The third-order valence-corrected chi connectivity index (χ3v) is 4.07. The molecule has 1 aromatic carbocycles. The molecule has 0 fully saturated rings. The lowest BCUT2D eigenvalue weighted by molar-refractivity contribution is 0.579. The summed E-state index contributed by atoms with van der Waals surface area (Å²) >= 11 is 5.62. The Morgan fingerprint density at radius 3 is 2.50 bits per heavy atom. The maximum Gasteiger partial charge on any atom is 0.240 e.